The van der Waals surface area contributed by atoms with Gasteiger partial charge in [-0.05, 0) is 23.8 Å². The van der Waals surface area contributed by atoms with Gasteiger partial charge in [-0.2, -0.15) is 0 Å². The summed E-state index contributed by atoms with van der Waals surface area (Å²) >= 11 is 0. The van der Waals surface area contributed by atoms with Crippen LogP contribution >= 0.6 is 0 Å². The van der Waals surface area contributed by atoms with Crippen LogP contribution in [0.5, 0.6) is 0 Å². The van der Waals surface area contributed by atoms with Crippen molar-refractivity contribution >= 4 is 16.7 Å². The van der Waals surface area contributed by atoms with Gasteiger partial charge in [-0.1, -0.05) is 31.2 Å². The van der Waals surface area contributed by atoms with E-state index in [0.717, 1.165) is 23.7 Å². The van der Waals surface area contributed by atoms with E-state index in [9.17, 15) is 4.79 Å². The van der Waals surface area contributed by atoms with Crippen LogP contribution in [0.4, 0.5) is 0 Å². The molecular weight excluding hydrogens is 250 g/mol. The van der Waals surface area contributed by atoms with Crippen molar-refractivity contribution in [2.45, 2.75) is 19.4 Å². The molecule has 0 aliphatic carbocycles. The van der Waals surface area contributed by atoms with Gasteiger partial charge in [0.2, 0.25) is 0 Å². The molecule has 1 aromatic carbocycles. The zero-order chi connectivity index (χ0) is 14.1. The zero-order valence-corrected chi connectivity index (χ0v) is 11.6. The highest BCUT2D eigenvalue weighted by atomic mass is 16.2. The normalized spacial score (nSPS) is 22.4. The number of hydrogen-bond acceptors (Lipinski definition) is 3. The Morgan fingerprint density at radius 1 is 1.40 bits per heavy atom. The number of aromatic nitrogens is 1. The van der Waals surface area contributed by atoms with Crippen LogP contribution in [0, 0.1) is 5.92 Å². The Morgan fingerprint density at radius 2 is 2.20 bits per heavy atom. The first-order valence-corrected chi connectivity index (χ1v) is 7.07. The molecule has 1 fully saturated rings. The number of pyridine rings is 1. The summed E-state index contributed by atoms with van der Waals surface area (Å²) in [7, 11) is 0. The molecule has 4 heteroatoms. The zero-order valence-electron chi connectivity index (χ0n) is 11.6. The molecule has 1 aromatic heterocycles. The molecule has 0 bridgehead atoms. The van der Waals surface area contributed by atoms with E-state index in [-0.39, 0.29) is 11.9 Å². The summed E-state index contributed by atoms with van der Waals surface area (Å²) in [5.41, 5.74) is 6.37. The smallest absolute Gasteiger partial charge is 0.273 e. The number of rotatable bonds is 2. The molecule has 0 radical (unpaired) electrons. The molecule has 4 nitrogen and oxygen atoms in total. The van der Waals surface area contributed by atoms with Crippen molar-refractivity contribution in [3.63, 3.8) is 0 Å². The Hall–Kier alpha value is -1.94. The molecule has 2 heterocycles. The Labute approximate surface area is 118 Å². The van der Waals surface area contributed by atoms with Gasteiger partial charge in [0, 0.05) is 30.7 Å². The number of carbonyl (C=O) groups excluding carboxylic acids is 1. The largest absolute Gasteiger partial charge is 0.333 e. The third-order valence-corrected chi connectivity index (χ3v) is 4.26. The highest BCUT2D eigenvalue weighted by Crippen LogP contribution is 2.26. The van der Waals surface area contributed by atoms with E-state index >= 15 is 0 Å². The molecule has 1 saturated heterocycles. The average Bonchev–Trinajstić information content (AvgIpc) is 2.86. The first-order valence-electron chi connectivity index (χ1n) is 7.07. The molecule has 1 amide bonds. The third-order valence-electron chi connectivity index (χ3n) is 4.26. The molecule has 2 unspecified atom stereocenters. The molecule has 3 rings (SSSR count). The second-order valence-corrected chi connectivity index (χ2v) is 5.45. The van der Waals surface area contributed by atoms with E-state index in [1.807, 2.05) is 35.2 Å². The second-order valence-electron chi connectivity index (χ2n) is 5.45. The summed E-state index contributed by atoms with van der Waals surface area (Å²) in [4.78, 5) is 19.0. The van der Waals surface area contributed by atoms with Crippen molar-refractivity contribution in [2.75, 3.05) is 13.1 Å². The Bertz CT molecular complexity index is 635. The van der Waals surface area contributed by atoms with Crippen LogP contribution in [0.2, 0.25) is 0 Å². The molecule has 0 saturated carbocycles. The standard InChI is InChI=1S/C16H19N3O/c1-11-7-9-19(14(11)10-17)16(20)15-13-5-3-2-4-12(13)6-8-18-15/h2-6,8,11,14H,7,9-10,17H2,1H3. The SMILES string of the molecule is CC1CCN(C(=O)c2nccc3ccccc23)C1CN. The van der Waals surface area contributed by atoms with Gasteiger partial charge >= 0.3 is 0 Å². The van der Waals surface area contributed by atoms with Crippen molar-refractivity contribution < 1.29 is 4.79 Å². The van der Waals surface area contributed by atoms with Crippen LogP contribution < -0.4 is 5.73 Å². The van der Waals surface area contributed by atoms with Gasteiger partial charge in [0.15, 0.2) is 0 Å². The minimum atomic E-state index is 0.00148. The highest BCUT2D eigenvalue weighted by Gasteiger charge is 2.34. The maximum absolute atomic E-state index is 12.8. The van der Waals surface area contributed by atoms with Crippen molar-refractivity contribution in [2.24, 2.45) is 11.7 Å². The van der Waals surface area contributed by atoms with Crippen LogP contribution in [0.1, 0.15) is 23.8 Å². The Kier molecular flexibility index (Phi) is 3.40. The van der Waals surface area contributed by atoms with Crippen LogP contribution in [0.3, 0.4) is 0 Å². The topological polar surface area (TPSA) is 59.2 Å². The van der Waals surface area contributed by atoms with Crippen LogP contribution in [0.25, 0.3) is 10.8 Å². The van der Waals surface area contributed by atoms with Gasteiger partial charge in [0.05, 0.1) is 0 Å². The van der Waals surface area contributed by atoms with Gasteiger partial charge < -0.3 is 10.6 Å². The van der Waals surface area contributed by atoms with E-state index in [1.54, 1.807) is 6.20 Å². The molecule has 104 valence electrons. The monoisotopic (exact) mass is 269 g/mol. The summed E-state index contributed by atoms with van der Waals surface area (Å²) in [6.07, 6.45) is 2.71. The van der Waals surface area contributed by atoms with E-state index in [0.29, 0.717) is 18.2 Å². The second kappa shape index (κ2) is 5.21. The third kappa shape index (κ3) is 2.06. The fourth-order valence-corrected chi connectivity index (χ4v) is 3.05. The van der Waals surface area contributed by atoms with E-state index in [4.69, 9.17) is 5.73 Å². The number of nitrogens with two attached hydrogens (primary N) is 1. The van der Waals surface area contributed by atoms with Gasteiger partial charge in [0.1, 0.15) is 5.69 Å². The molecular formula is C16H19N3O. The molecule has 2 N–H and O–H groups in total. The number of amides is 1. The van der Waals surface area contributed by atoms with E-state index in [2.05, 4.69) is 11.9 Å². The summed E-state index contributed by atoms with van der Waals surface area (Å²) in [6.45, 7) is 3.44. The predicted molar refractivity (Wildman–Crippen MR) is 79.4 cm³/mol. The lowest BCUT2D eigenvalue weighted by Crippen LogP contribution is -2.42. The molecule has 2 atom stereocenters. The lowest BCUT2D eigenvalue weighted by atomic mass is 10.0. The molecule has 1 aliphatic heterocycles. The van der Waals surface area contributed by atoms with Crippen LogP contribution in [-0.4, -0.2) is 34.9 Å². The number of likely N-dealkylation sites (tertiary alicyclic amines) is 1. The lowest BCUT2D eigenvalue weighted by molar-refractivity contribution is 0.0723. The fourth-order valence-electron chi connectivity index (χ4n) is 3.05. The Morgan fingerprint density at radius 3 is 3.00 bits per heavy atom. The van der Waals surface area contributed by atoms with E-state index < -0.39 is 0 Å². The van der Waals surface area contributed by atoms with Crippen LogP contribution in [0.15, 0.2) is 36.5 Å². The van der Waals surface area contributed by atoms with Crippen molar-refractivity contribution in [3.8, 4) is 0 Å². The summed E-state index contributed by atoms with van der Waals surface area (Å²) in [6, 6.07) is 9.92. The van der Waals surface area contributed by atoms with E-state index in [1.165, 1.54) is 0 Å². The van der Waals surface area contributed by atoms with Crippen molar-refractivity contribution in [1.29, 1.82) is 0 Å². The maximum Gasteiger partial charge on any atom is 0.273 e. The van der Waals surface area contributed by atoms with Crippen molar-refractivity contribution in [1.82, 2.24) is 9.88 Å². The van der Waals surface area contributed by atoms with Gasteiger partial charge in [0.25, 0.3) is 5.91 Å². The number of nitrogens with zero attached hydrogens (tertiary/aromatic N) is 2. The summed E-state index contributed by atoms with van der Waals surface area (Å²) in [5.74, 6) is 0.459. The highest BCUT2D eigenvalue weighted by molar-refractivity contribution is 6.05. The first kappa shape index (κ1) is 13.1. The number of carbonyl (C=O) groups is 1. The minimum Gasteiger partial charge on any atom is -0.333 e. The van der Waals surface area contributed by atoms with Gasteiger partial charge in [-0.15, -0.1) is 0 Å². The van der Waals surface area contributed by atoms with Crippen molar-refractivity contribution in [3.05, 3.63) is 42.2 Å². The van der Waals surface area contributed by atoms with Gasteiger partial charge in [-0.25, -0.2) is 0 Å². The molecule has 1 aliphatic rings. The lowest BCUT2D eigenvalue weighted by Gasteiger charge is -2.25. The quantitative estimate of drug-likeness (QED) is 0.907. The van der Waals surface area contributed by atoms with Crippen LogP contribution in [-0.2, 0) is 0 Å². The average molecular weight is 269 g/mol. The minimum absolute atomic E-state index is 0.00148. The van der Waals surface area contributed by atoms with Gasteiger partial charge in [-0.3, -0.25) is 9.78 Å². The number of fused-ring (bicyclic) bond motifs is 1. The fraction of sp³-hybridized carbons (Fsp3) is 0.375. The number of hydrogen-bond donors (Lipinski definition) is 1. The predicted octanol–water partition coefficient (Wildman–Crippen LogP) is 2.04. The molecule has 2 aromatic rings. The maximum atomic E-state index is 12.8. The number of benzene rings is 1. The summed E-state index contributed by atoms with van der Waals surface area (Å²) < 4.78 is 0. The molecule has 0 spiro atoms. The Balaban J connectivity index is 2.01. The summed E-state index contributed by atoms with van der Waals surface area (Å²) in [5, 5.41) is 1.96. The first-order chi connectivity index (χ1) is 9.72. The molecule has 20 heavy (non-hydrogen) atoms.